The molecule has 2 rings (SSSR count). The zero-order valence-corrected chi connectivity index (χ0v) is 9.43. The zero-order valence-electron chi connectivity index (χ0n) is 8.62. The fourth-order valence-electron chi connectivity index (χ4n) is 1.43. The van der Waals surface area contributed by atoms with E-state index in [1.165, 1.54) is 23.9 Å². The molecule has 16 heavy (non-hydrogen) atoms. The lowest BCUT2D eigenvalue weighted by atomic mass is 10.3. The second-order valence-electron chi connectivity index (χ2n) is 3.38. The van der Waals surface area contributed by atoms with Crippen LogP contribution < -0.4 is 0 Å². The van der Waals surface area contributed by atoms with Gasteiger partial charge in [0.05, 0.1) is 13.2 Å². The molecule has 1 aromatic carbocycles. The van der Waals surface area contributed by atoms with E-state index in [2.05, 4.69) is 0 Å². The summed E-state index contributed by atoms with van der Waals surface area (Å²) in [4.78, 5) is 0.458. The summed E-state index contributed by atoms with van der Waals surface area (Å²) in [6.07, 6.45) is 0.539. The number of rotatable bonds is 4. The van der Waals surface area contributed by atoms with E-state index in [1.807, 2.05) is 0 Å². The molecule has 0 aromatic heterocycles. The van der Waals surface area contributed by atoms with Crippen LogP contribution in [0.5, 0.6) is 0 Å². The monoisotopic (exact) mass is 246 g/mol. The molecular weight excluding hydrogens is 234 g/mol. The van der Waals surface area contributed by atoms with Crippen molar-refractivity contribution in [2.24, 2.45) is 0 Å². The Bertz CT molecular complexity index is 354. The van der Waals surface area contributed by atoms with Gasteiger partial charge in [-0.05, 0) is 12.1 Å². The third kappa shape index (κ3) is 3.17. The van der Waals surface area contributed by atoms with Gasteiger partial charge in [0.25, 0.3) is 0 Å². The highest BCUT2D eigenvalue weighted by Gasteiger charge is 2.15. The summed E-state index contributed by atoms with van der Waals surface area (Å²) in [5.41, 5.74) is 0. The van der Waals surface area contributed by atoms with Crippen molar-refractivity contribution in [2.75, 3.05) is 19.0 Å². The van der Waals surface area contributed by atoms with Crippen LogP contribution in [0.1, 0.15) is 6.42 Å². The number of hydrogen-bond acceptors (Lipinski definition) is 3. The Balaban J connectivity index is 1.80. The van der Waals surface area contributed by atoms with Gasteiger partial charge in [0.1, 0.15) is 11.6 Å². The van der Waals surface area contributed by atoms with Gasteiger partial charge in [0, 0.05) is 23.1 Å². The molecule has 1 saturated heterocycles. The number of halogens is 2. The fraction of sp³-hybridized carbons (Fsp3) is 0.455. The number of thioether (sulfide) groups is 1. The summed E-state index contributed by atoms with van der Waals surface area (Å²) in [6, 6.07) is 3.60. The lowest BCUT2D eigenvalue weighted by molar-refractivity contribution is -0.0421. The SMILES string of the molecule is Fc1ccc(SCCC2OCCO2)c(F)c1. The van der Waals surface area contributed by atoms with Crippen molar-refractivity contribution in [1.29, 1.82) is 0 Å². The number of benzene rings is 1. The lowest BCUT2D eigenvalue weighted by Gasteiger charge is -2.08. The van der Waals surface area contributed by atoms with Crippen LogP contribution in [0, 0.1) is 11.6 Å². The summed E-state index contributed by atoms with van der Waals surface area (Å²) < 4.78 is 36.4. The van der Waals surface area contributed by atoms with Gasteiger partial charge in [0.2, 0.25) is 0 Å². The molecule has 0 amide bonds. The van der Waals surface area contributed by atoms with Gasteiger partial charge in [-0.15, -0.1) is 11.8 Å². The van der Waals surface area contributed by atoms with E-state index in [0.717, 1.165) is 6.07 Å². The molecule has 0 radical (unpaired) electrons. The molecule has 1 aliphatic heterocycles. The van der Waals surface area contributed by atoms with E-state index >= 15 is 0 Å². The molecule has 0 spiro atoms. The van der Waals surface area contributed by atoms with Crippen LogP contribution in [0.3, 0.4) is 0 Å². The Labute approximate surface area is 96.9 Å². The van der Waals surface area contributed by atoms with Gasteiger partial charge < -0.3 is 9.47 Å². The minimum absolute atomic E-state index is 0.170. The average molecular weight is 246 g/mol. The molecule has 1 heterocycles. The molecular formula is C11H12F2O2S. The maximum atomic E-state index is 13.2. The summed E-state index contributed by atoms with van der Waals surface area (Å²) in [5, 5.41) is 0. The van der Waals surface area contributed by atoms with Gasteiger partial charge in [-0.1, -0.05) is 0 Å². The first kappa shape index (κ1) is 11.8. The van der Waals surface area contributed by atoms with Crippen molar-refractivity contribution >= 4 is 11.8 Å². The first-order chi connectivity index (χ1) is 7.75. The van der Waals surface area contributed by atoms with Crippen LogP contribution in [0.4, 0.5) is 8.78 Å². The standard InChI is InChI=1S/C11H12F2O2S/c12-8-1-2-10(9(13)7-8)16-6-3-11-14-4-5-15-11/h1-2,7,11H,3-6H2. The van der Waals surface area contributed by atoms with Crippen LogP contribution in [0.2, 0.25) is 0 Å². The van der Waals surface area contributed by atoms with Crippen LogP contribution in [-0.4, -0.2) is 25.3 Å². The maximum absolute atomic E-state index is 13.2. The van der Waals surface area contributed by atoms with Gasteiger partial charge in [-0.25, -0.2) is 8.78 Å². The number of ether oxygens (including phenoxy) is 2. The van der Waals surface area contributed by atoms with Crippen molar-refractivity contribution in [2.45, 2.75) is 17.6 Å². The Kier molecular flexibility index (Phi) is 4.15. The molecule has 0 saturated carbocycles. The summed E-state index contributed by atoms with van der Waals surface area (Å²) in [6.45, 7) is 1.25. The molecule has 1 fully saturated rings. The van der Waals surface area contributed by atoms with Gasteiger partial charge in [0.15, 0.2) is 6.29 Å². The smallest absolute Gasteiger partial charge is 0.158 e. The Hall–Kier alpha value is -0.650. The predicted molar refractivity (Wildman–Crippen MR) is 57.4 cm³/mol. The van der Waals surface area contributed by atoms with Crippen molar-refractivity contribution in [3.05, 3.63) is 29.8 Å². The Morgan fingerprint density at radius 1 is 1.25 bits per heavy atom. The van der Waals surface area contributed by atoms with Crippen LogP contribution in [0.15, 0.2) is 23.1 Å². The molecule has 0 N–H and O–H groups in total. The van der Waals surface area contributed by atoms with Gasteiger partial charge >= 0.3 is 0 Å². The average Bonchev–Trinajstić information content (AvgIpc) is 2.74. The molecule has 0 atom stereocenters. The highest BCUT2D eigenvalue weighted by atomic mass is 32.2. The minimum Gasteiger partial charge on any atom is -0.350 e. The van der Waals surface area contributed by atoms with E-state index < -0.39 is 11.6 Å². The highest BCUT2D eigenvalue weighted by Crippen LogP contribution is 2.24. The molecule has 5 heteroatoms. The second kappa shape index (κ2) is 5.61. The summed E-state index contributed by atoms with van der Waals surface area (Å²) >= 11 is 1.34. The molecule has 0 bridgehead atoms. The lowest BCUT2D eigenvalue weighted by Crippen LogP contribution is -2.08. The summed E-state index contributed by atoms with van der Waals surface area (Å²) in [7, 11) is 0. The largest absolute Gasteiger partial charge is 0.350 e. The Morgan fingerprint density at radius 2 is 2.00 bits per heavy atom. The van der Waals surface area contributed by atoms with Crippen LogP contribution in [0.25, 0.3) is 0 Å². The molecule has 1 aromatic rings. The topological polar surface area (TPSA) is 18.5 Å². The van der Waals surface area contributed by atoms with E-state index in [1.54, 1.807) is 0 Å². The highest BCUT2D eigenvalue weighted by molar-refractivity contribution is 7.99. The van der Waals surface area contributed by atoms with Crippen molar-refractivity contribution in [3.8, 4) is 0 Å². The molecule has 1 aliphatic rings. The van der Waals surface area contributed by atoms with Crippen molar-refractivity contribution in [1.82, 2.24) is 0 Å². The van der Waals surface area contributed by atoms with E-state index in [0.29, 0.717) is 30.3 Å². The number of hydrogen-bond donors (Lipinski definition) is 0. The fourth-order valence-corrected chi connectivity index (χ4v) is 2.32. The quantitative estimate of drug-likeness (QED) is 0.761. The predicted octanol–water partition coefficient (Wildman–Crippen LogP) is 2.82. The minimum atomic E-state index is -0.552. The third-order valence-electron chi connectivity index (χ3n) is 2.20. The molecule has 2 nitrogen and oxygen atoms in total. The van der Waals surface area contributed by atoms with Crippen molar-refractivity contribution < 1.29 is 18.3 Å². The normalized spacial score (nSPS) is 16.9. The molecule has 0 unspecified atom stereocenters. The van der Waals surface area contributed by atoms with E-state index in [9.17, 15) is 8.78 Å². The third-order valence-corrected chi connectivity index (χ3v) is 3.28. The van der Waals surface area contributed by atoms with Crippen molar-refractivity contribution in [3.63, 3.8) is 0 Å². The second-order valence-corrected chi connectivity index (χ2v) is 4.52. The first-order valence-corrected chi connectivity index (χ1v) is 6.05. The molecule has 0 aliphatic carbocycles. The van der Waals surface area contributed by atoms with E-state index in [4.69, 9.17) is 9.47 Å². The van der Waals surface area contributed by atoms with Crippen LogP contribution in [-0.2, 0) is 9.47 Å². The first-order valence-electron chi connectivity index (χ1n) is 5.07. The Morgan fingerprint density at radius 3 is 2.69 bits per heavy atom. The summed E-state index contributed by atoms with van der Waals surface area (Å²) in [5.74, 6) is -0.379. The van der Waals surface area contributed by atoms with Crippen LogP contribution >= 0.6 is 11.8 Å². The van der Waals surface area contributed by atoms with Gasteiger partial charge in [-0.3, -0.25) is 0 Å². The molecule has 88 valence electrons. The van der Waals surface area contributed by atoms with E-state index in [-0.39, 0.29) is 6.29 Å². The van der Waals surface area contributed by atoms with Gasteiger partial charge in [-0.2, -0.15) is 0 Å². The zero-order chi connectivity index (χ0) is 11.4. The maximum Gasteiger partial charge on any atom is 0.158 e.